The van der Waals surface area contributed by atoms with E-state index in [9.17, 15) is 0 Å². The second-order valence-corrected chi connectivity index (χ2v) is 4.67. The first-order valence-corrected chi connectivity index (χ1v) is 5.84. The molecule has 16 heavy (non-hydrogen) atoms. The van der Waals surface area contributed by atoms with Crippen molar-refractivity contribution in [3.63, 3.8) is 0 Å². The van der Waals surface area contributed by atoms with E-state index in [1.165, 1.54) is 0 Å². The number of anilines is 1. The van der Waals surface area contributed by atoms with Gasteiger partial charge in [-0.1, -0.05) is 23.7 Å². The van der Waals surface area contributed by atoms with Crippen molar-refractivity contribution in [2.24, 2.45) is 0 Å². The Hall–Kier alpha value is -1.13. The Morgan fingerprint density at radius 2 is 2.06 bits per heavy atom. The van der Waals surface area contributed by atoms with Crippen LogP contribution in [0.3, 0.4) is 0 Å². The molecule has 1 aromatic carbocycles. The van der Waals surface area contributed by atoms with Crippen molar-refractivity contribution in [1.82, 2.24) is 10.2 Å². The van der Waals surface area contributed by atoms with E-state index in [2.05, 4.69) is 26.1 Å². The molecule has 0 unspecified atom stereocenters. The molecule has 0 spiro atoms. The Bertz CT molecular complexity index is 516. The molecular formula is C11H9BrClN3. The van der Waals surface area contributed by atoms with Gasteiger partial charge in [-0.3, -0.25) is 0 Å². The quantitative estimate of drug-likeness (QED) is 0.927. The van der Waals surface area contributed by atoms with Crippen LogP contribution in [0.4, 0.5) is 5.82 Å². The summed E-state index contributed by atoms with van der Waals surface area (Å²) in [6, 6.07) is 9.53. The normalized spacial score (nSPS) is 10.4. The first-order valence-electron chi connectivity index (χ1n) is 4.67. The monoisotopic (exact) mass is 297 g/mol. The van der Waals surface area contributed by atoms with Crippen molar-refractivity contribution < 1.29 is 0 Å². The minimum Gasteiger partial charge on any atom is -0.381 e. The second-order valence-electron chi connectivity index (χ2n) is 3.38. The van der Waals surface area contributed by atoms with Crippen LogP contribution >= 0.6 is 27.5 Å². The maximum atomic E-state index is 5.90. The molecule has 2 N–H and O–H groups in total. The lowest BCUT2D eigenvalue weighted by molar-refractivity contribution is 0.939. The van der Waals surface area contributed by atoms with Gasteiger partial charge in [-0.2, -0.15) is 5.10 Å². The molecule has 0 bridgehead atoms. The highest BCUT2D eigenvalue weighted by atomic mass is 79.9. The van der Waals surface area contributed by atoms with Crippen LogP contribution in [0.2, 0.25) is 5.02 Å². The van der Waals surface area contributed by atoms with Crippen LogP contribution in [0.5, 0.6) is 0 Å². The van der Waals surface area contributed by atoms with Gasteiger partial charge in [0.05, 0.1) is 10.2 Å². The van der Waals surface area contributed by atoms with Crippen molar-refractivity contribution in [2.75, 3.05) is 5.73 Å². The van der Waals surface area contributed by atoms with E-state index in [1.807, 2.05) is 30.3 Å². The number of hydrogen-bond donors (Lipinski definition) is 1. The SMILES string of the molecule is Nc1nnc(Cc2cccc(Cl)c2)cc1Br. The topological polar surface area (TPSA) is 51.8 Å². The number of nitrogen functional groups attached to an aromatic ring is 1. The third-order valence-corrected chi connectivity index (χ3v) is 2.97. The molecule has 2 aromatic rings. The van der Waals surface area contributed by atoms with Crippen molar-refractivity contribution in [3.05, 3.63) is 51.1 Å². The summed E-state index contributed by atoms with van der Waals surface area (Å²) in [6.07, 6.45) is 0.687. The molecule has 0 aliphatic rings. The van der Waals surface area contributed by atoms with Gasteiger partial charge in [-0.25, -0.2) is 0 Å². The van der Waals surface area contributed by atoms with Gasteiger partial charge in [-0.15, -0.1) is 5.10 Å². The number of benzene rings is 1. The Morgan fingerprint density at radius 1 is 1.25 bits per heavy atom. The first kappa shape index (κ1) is 11.4. The number of halogens is 2. The highest BCUT2D eigenvalue weighted by Crippen LogP contribution is 2.19. The molecule has 0 amide bonds. The van der Waals surface area contributed by atoms with E-state index in [-0.39, 0.29) is 0 Å². The van der Waals surface area contributed by atoms with Crippen LogP contribution in [-0.2, 0) is 6.42 Å². The van der Waals surface area contributed by atoms with Gasteiger partial charge in [0.2, 0.25) is 0 Å². The minimum atomic E-state index is 0.398. The Labute approximate surface area is 107 Å². The second kappa shape index (κ2) is 4.80. The van der Waals surface area contributed by atoms with E-state index >= 15 is 0 Å². The van der Waals surface area contributed by atoms with Crippen LogP contribution < -0.4 is 5.73 Å². The van der Waals surface area contributed by atoms with Crippen LogP contribution in [0.15, 0.2) is 34.8 Å². The van der Waals surface area contributed by atoms with E-state index in [0.717, 1.165) is 20.8 Å². The van der Waals surface area contributed by atoms with Gasteiger partial charge in [0.1, 0.15) is 0 Å². The van der Waals surface area contributed by atoms with Crippen LogP contribution in [0.25, 0.3) is 0 Å². The van der Waals surface area contributed by atoms with E-state index in [4.69, 9.17) is 17.3 Å². The van der Waals surface area contributed by atoms with Crippen molar-refractivity contribution in [1.29, 1.82) is 0 Å². The molecule has 0 fully saturated rings. The summed E-state index contributed by atoms with van der Waals surface area (Å²) in [4.78, 5) is 0. The summed E-state index contributed by atoms with van der Waals surface area (Å²) in [5.74, 6) is 0.398. The predicted molar refractivity (Wildman–Crippen MR) is 68.4 cm³/mol. The summed E-state index contributed by atoms with van der Waals surface area (Å²) < 4.78 is 0.763. The zero-order chi connectivity index (χ0) is 11.5. The van der Waals surface area contributed by atoms with Gasteiger partial charge in [0, 0.05) is 11.4 Å². The molecule has 0 aliphatic heterocycles. The summed E-state index contributed by atoms with van der Waals surface area (Å²) in [5.41, 5.74) is 7.51. The average molecular weight is 299 g/mol. The van der Waals surface area contributed by atoms with Gasteiger partial charge >= 0.3 is 0 Å². The Kier molecular flexibility index (Phi) is 3.41. The molecule has 2 rings (SSSR count). The third-order valence-electron chi connectivity index (χ3n) is 2.10. The van der Waals surface area contributed by atoms with E-state index in [1.54, 1.807) is 0 Å². The Balaban J connectivity index is 2.24. The molecule has 0 radical (unpaired) electrons. The highest BCUT2D eigenvalue weighted by molar-refractivity contribution is 9.10. The largest absolute Gasteiger partial charge is 0.381 e. The minimum absolute atomic E-state index is 0.398. The number of hydrogen-bond acceptors (Lipinski definition) is 3. The summed E-state index contributed by atoms with van der Waals surface area (Å²) >= 11 is 9.22. The highest BCUT2D eigenvalue weighted by Gasteiger charge is 2.03. The maximum Gasteiger partial charge on any atom is 0.160 e. The molecule has 0 atom stereocenters. The standard InChI is InChI=1S/C11H9BrClN3/c12-10-6-9(15-16-11(10)14)5-7-2-1-3-8(13)4-7/h1-4,6H,5H2,(H2,14,16). The van der Waals surface area contributed by atoms with Gasteiger partial charge in [-0.05, 0) is 39.7 Å². The average Bonchev–Trinajstić information content (AvgIpc) is 2.24. The van der Waals surface area contributed by atoms with Crippen LogP contribution in [0, 0.1) is 0 Å². The lowest BCUT2D eigenvalue weighted by atomic mass is 10.1. The maximum absolute atomic E-state index is 5.90. The van der Waals surface area contributed by atoms with Crippen LogP contribution in [0.1, 0.15) is 11.3 Å². The molecule has 3 nitrogen and oxygen atoms in total. The van der Waals surface area contributed by atoms with E-state index < -0.39 is 0 Å². The molecule has 0 saturated heterocycles. The summed E-state index contributed by atoms with van der Waals surface area (Å²) in [5, 5.41) is 8.58. The zero-order valence-corrected chi connectivity index (χ0v) is 10.7. The van der Waals surface area contributed by atoms with Gasteiger partial charge < -0.3 is 5.73 Å². The molecule has 0 aliphatic carbocycles. The van der Waals surface area contributed by atoms with Crippen molar-refractivity contribution >= 4 is 33.3 Å². The lowest BCUT2D eigenvalue weighted by Crippen LogP contribution is -1.99. The number of rotatable bonds is 2. The summed E-state index contributed by atoms with van der Waals surface area (Å²) in [6.45, 7) is 0. The molecular weight excluding hydrogens is 289 g/mol. The summed E-state index contributed by atoms with van der Waals surface area (Å²) in [7, 11) is 0. The fourth-order valence-corrected chi connectivity index (χ4v) is 1.91. The van der Waals surface area contributed by atoms with E-state index in [0.29, 0.717) is 12.2 Å². The molecule has 1 heterocycles. The molecule has 82 valence electrons. The number of aromatic nitrogens is 2. The van der Waals surface area contributed by atoms with Gasteiger partial charge in [0.25, 0.3) is 0 Å². The van der Waals surface area contributed by atoms with Crippen molar-refractivity contribution in [3.8, 4) is 0 Å². The smallest absolute Gasteiger partial charge is 0.160 e. The number of nitrogens with two attached hydrogens (primary N) is 1. The first-order chi connectivity index (χ1) is 7.65. The van der Waals surface area contributed by atoms with Crippen molar-refractivity contribution in [2.45, 2.75) is 6.42 Å². The third kappa shape index (κ3) is 2.71. The number of nitrogens with zero attached hydrogens (tertiary/aromatic N) is 2. The fourth-order valence-electron chi connectivity index (χ4n) is 1.36. The predicted octanol–water partition coefficient (Wildman–Crippen LogP) is 3.07. The van der Waals surface area contributed by atoms with Crippen LogP contribution in [-0.4, -0.2) is 10.2 Å². The molecule has 5 heteroatoms. The lowest BCUT2D eigenvalue weighted by Gasteiger charge is -2.02. The Morgan fingerprint density at radius 3 is 2.75 bits per heavy atom. The zero-order valence-electron chi connectivity index (χ0n) is 8.32. The fraction of sp³-hybridized carbons (Fsp3) is 0.0909. The molecule has 1 aromatic heterocycles. The van der Waals surface area contributed by atoms with Gasteiger partial charge in [0.15, 0.2) is 5.82 Å². The molecule has 0 saturated carbocycles.